The van der Waals surface area contributed by atoms with Gasteiger partial charge in [-0.2, -0.15) is 0 Å². The first-order chi connectivity index (χ1) is 9.65. The van der Waals surface area contributed by atoms with Crippen molar-refractivity contribution in [3.05, 3.63) is 23.9 Å². The van der Waals surface area contributed by atoms with Crippen molar-refractivity contribution < 1.29 is 4.79 Å². The fourth-order valence-electron chi connectivity index (χ4n) is 3.18. The minimum Gasteiger partial charge on any atom is -0.357 e. The maximum atomic E-state index is 12.4. The average molecular weight is 273 g/mol. The van der Waals surface area contributed by atoms with Crippen molar-refractivity contribution in [1.82, 2.24) is 9.88 Å². The van der Waals surface area contributed by atoms with E-state index >= 15 is 0 Å². The minimum atomic E-state index is 0.0831. The highest BCUT2D eigenvalue weighted by molar-refractivity contribution is 5.92. The van der Waals surface area contributed by atoms with Gasteiger partial charge in [-0.3, -0.25) is 4.79 Å². The van der Waals surface area contributed by atoms with Crippen molar-refractivity contribution in [3.63, 3.8) is 0 Å². The molecule has 0 aromatic carbocycles. The standard InChI is InChI=1S/C16H23N3O/c1-12-10-13(11-12)18(2)15-7-5-6-14(17-15)16(20)19-8-3-4-9-19/h5-7,12-13H,3-4,8-11H2,1-2H3. The fraction of sp³-hybridized carbons (Fsp3) is 0.625. The molecular formula is C16H23N3O. The number of pyridine rings is 1. The Kier molecular flexibility index (Phi) is 3.64. The van der Waals surface area contributed by atoms with E-state index in [4.69, 9.17) is 0 Å². The minimum absolute atomic E-state index is 0.0831. The first-order valence-electron chi connectivity index (χ1n) is 7.64. The van der Waals surface area contributed by atoms with Gasteiger partial charge in [0.05, 0.1) is 0 Å². The zero-order chi connectivity index (χ0) is 14.1. The summed E-state index contributed by atoms with van der Waals surface area (Å²) in [6.07, 6.45) is 4.68. The lowest BCUT2D eigenvalue weighted by molar-refractivity contribution is 0.0787. The highest BCUT2D eigenvalue weighted by Crippen LogP contribution is 2.32. The Balaban J connectivity index is 1.73. The van der Waals surface area contributed by atoms with Gasteiger partial charge in [0.15, 0.2) is 0 Å². The molecule has 108 valence electrons. The van der Waals surface area contributed by atoms with Crippen LogP contribution in [0.2, 0.25) is 0 Å². The van der Waals surface area contributed by atoms with Crippen LogP contribution in [0.3, 0.4) is 0 Å². The van der Waals surface area contributed by atoms with Crippen LogP contribution in [0.1, 0.15) is 43.1 Å². The predicted octanol–water partition coefficient (Wildman–Crippen LogP) is 2.55. The number of hydrogen-bond acceptors (Lipinski definition) is 3. The Morgan fingerprint density at radius 3 is 2.65 bits per heavy atom. The largest absolute Gasteiger partial charge is 0.357 e. The van der Waals surface area contributed by atoms with Gasteiger partial charge < -0.3 is 9.80 Å². The van der Waals surface area contributed by atoms with Crippen LogP contribution >= 0.6 is 0 Å². The molecule has 2 heterocycles. The van der Waals surface area contributed by atoms with E-state index in [2.05, 4.69) is 23.9 Å². The molecule has 3 rings (SSSR count). The van der Waals surface area contributed by atoms with E-state index in [-0.39, 0.29) is 5.91 Å². The van der Waals surface area contributed by atoms with E-state index in [0.717, 1.165) is 37.7 Å². The monoisotopic (exact) mass is 273 g/mol. The number of rotatable bonds is 3. The van der Waals surface area contributed by atoms with Crippen LogP contribution in [0, 0.1) is 5.92 Å². The Bertz CT molecular complexity index is 490. The third-order valence-electron chi connectivity index (χ3n) is 4.60. The summed E-state index contributed by atoms with van der Waals surface area (Å²) >= 11 is 0. The molecule has 1 aromatic heterocycles. The normalized spacial score (nSPS) is 25.4. The van der Waals surface area contributed by atoms with Gasteiger partial charge in [0.2, 0.25) is 0 Å². The number of anilines is 1. The second-order valence-electron chi connectivity index (χ2n) is 6.22. The summed E-state index contributed by atoms with van der Waals surface area (Å²) in [7, 11) is 2.09. The van der Waals surface area contributed by atoms with Crippen LogP contribution in [0.4, 0.5) is 5.82 Å². The first kappa shape index (κ1) is 13.4. The fourth-order valence-corrected chi connectivity index (χ4v) is 3.18. The molecule has 20 heavy (non-hydrogen) atoms. The van der Waals surface area contributed by atoms with Crippen LogP contribution in [-0.2, 0) is 0 Å². The van der Waals surface area contributed by atoms with Crippen LogP contribution in [0.15, 0.2) is 18.2 Å². The van der Waals surface area contributed by atoms with E-state index in [1.165, 1.54) is 12.8 Å². The van der Waals surface area contributed by atoms with Crippen molar-refractivity contribution in [1.29, 1.82) is 0 Å². The number of hydrogen-bond donors (Lipinski definition) is 0. The molecular weight excluding hydrogens is 250 g/mol. The Hall–Kier alpha value is -1.58. The number of likely N-dealkylation sites (tertiary alicyclic amines) is 1. The van der Waals surface area contributed by atoms with Crippen molar-refractivity contribution in [3.8, 4) is 0 Å². The molecule has 0 radical (unpaired) electrons. The number of carbonyl (C=O) groups excluding carboxylic acids is 1. The molecule has 1 saturated heterocycles. The summed E-state index contributed by atoms with van der Waals surface area (Å²) in [5, 5.41) is 0. The molecule has 0 unspecified atom stereocenters. The summed E-state index contributed by atoms with van der Waals surface area (Å²) in [6.45, 7) is 4.03. The predicted molar refractivity (Wildman–Crippen MR) is 80.0 cm³/mol. The molecule has 1 aliphatic heterocycles. The average Bonchev–Trinajstić information content (AvgIpc) is 2.96. The van der Waals surface area contributed by atoms with Crippen molar-refractivity contribution in [2.75, 3.05) is 25.0 Å². The number of carbonyl (C=O) groups is 1. The third kappa shape index (κ3) is 2.51. The van der Waals surface area contributed by atoms with Gasteiger partial charge in [0.25, 0.3) is 5.91 Å². The SMILES string of the molecule is CC1CC(N(C)c2cccc(C(=O)N3CCCC3)n2)C1. The van der Waals surface area contributed by atoms with Gasteiger partial charge in [-0.05, 0) is 43.7 Å². The van der Waals surface area contributed by atoms with Crippen molar-refractivity contribution >= 4 is 11.7 Å². The lowest BCUT2D eigenvalue weighted by Crippen LogP contribution is -2.42. The molecule has 2 aliphatic rings. The molecule has 1 aliphatic carbocycles. The second-order valence-corrected chi connectivity index (χ2v) is 6.22. The number of aromatic nitrogens is 1. The zero-order valence-corrected chi connectivity index (χ0v) is 12.4. The molecule has 1 aromatic rings. The summed E-state index contributed by atoms with van der Waals surface area (Å²) in [6, 6.07) is 6.37. The van der Waals surface area contributed by atoms with Gasteiger partial charge in [-0.15, -0.1) is 0 Å². The van der Waals surface area contributed by atoms with Gasteiger partial charge in [0.1, 0.15) is 11.5 Å². The van der Waals surface area contributed by atoms with Gasteiger partial charge >= 0.3 is 0 Å². The smallest absolute Gasteiger partial charge is 0.272 e. The maximum absolute atomic E-state index is 12.4. The van der Waals surface area contributed by atoms with E-state index in [1.54, 1.807) is 0 Å². The Labute approximate surface area is 120 Å². The lowest BCUT2D eigenvalue weighted by Gasteiger charge is -2.40. The van der Waals surface area contributed by atoms with Crippen molar-refractivity contribution in [2.24, 2.45) is 5.92 Å². The summed E-state index contributed by atoms with van der Waals surface area (Å²) < 4.78 is 0. The van der Waals surface area contributed by atoms with Crippen LogP contribution in [0.25, 0.3) is 0 Å². The third-order valence-corrected chi connectivity index (χ3v) is 4.60. The molecule has 0 N–H and O–H groups in total. The Morgan fingerprint density at radius 1 is 1.30 bits per heavy atom. The van der Waals surface area contributed by atoms with Crippen LogP contribution in [-0.4, -0.2) is 42.0 Å². The van der Waals surface area contributed by atoms with Gasteiger partial charge in [0, 0.05) is 26.2 Å². The first-order valence-corrected chi connectivity index (χ1v) is 7.64. The highest BCUT2D eigenvalue weighted by Gasteiger charge is 2.30. The zero-order valence-electron chi connectivity index (χ0n) is 12.4. The van der Waals surface area contributed by atoms with E-state index in [1.807, 2.05) is 23.1 Å². The molecule has 0 bridgehead atoms. The molecule has 0 spiro atoms. The summed E-state index contributed by atoms with van der Waals surface area (Å²) in [5.41, 5.74) is 0.587. The molecule has 4 heteroatoms. The molecule has 2 fully saturated rings. The molecule has 1 amide bonds. The van der Waals surface area contributed by atoms with Gasteiger partial charge in [-0.1, -0.05) is 13.0 Å². The molecule has 0 atom stereocenters. The Morgan fingerprint density at radius 2 is 2.00 bits per heavy atom. The lowest BCUT2D eigenvalue weighted by atomic mass is 9.81. The number of nitrogens with zero attached hydrogens (tertiary/aromatic N) is 3. The van der Waals surface area contributed by atoms with E-state index in [9.17, 15) is 4.79 Å². The van der Waals surface area contributed by atoms with Crippen LogP contribution < -0.4 is 4.90 Å². The summed E-state index contributed by atoms with van der Waals surface area (Å²) in [4.78, 5) is 21.1. The molecule has 1 saturated carbocycles. The molecule has 4 nitrogen and oxygen atoms in total. The second kappa shape index (κ2) is 5.43. The quantitative estimate of drug-likeness (QED) is 0.849. The van der Waals surface area contributed by atoms with Crippen molar-refractivity contribution in [2.45, 2.75) is 38.6 Å². The summed E-state index contributed by atoms with van der Waals surface area (Å²) in [5.74, 6) is 1.82. The number of amides is 1. The highest BCUT2D eigenvalue weighted by atomic mass is 16.2. The maximum Gasteiger partial charge on any atom is 0.272 e. The topological polar surface area (TPSA) is 36.4 Å². The van der Waals surface area contributed by atoms with E-state index < -0.39 is 0 Å². The van der Waals surface area contributed by atoms with Crippen LogP contribution in [0.5, 0.6) is 0 Å². The van der Waals surface area contributed by atoms with E-state index in [0.29, 0.717) is 11.7 Å². The van der Waals surface area contributed by atoms with Gasteiger partial charge in [-0.25, -0.2) is 4.98 Å².